The quantitative estimate of drug-likeness (QED) is 0.887. The van der Waals surface area contributed by atoms with Crippen LogP contribution in [0.15, 0.2) is 18.2 Å². The molecule has 2 heterocycles. The molecular weight excluding hydrogens is 294 g/mol. The van der Waals surface area contributed by atoms with Crippen LogP contribution >= 0.6 is 11.8 Å². The van der Waals surface area contributed by atoms with E-state index < -0.39 is 9.84 Å². The molecule has 1 aromatic rings. The molecule has 0 radical (unpaired) electrons. The molecule has 1 aliphatic rings. The zero-order chi connectivity index (χ0) is 14.6. The second-order valence-electron chi connectivity index (χ2n) is 4.72. The summed E-state index contributed by atoms with van der Waals surface area (Å²) in [7, 11) is -1.22. The summed E-state index contributed by atoms with van der Waals surface area (Å²) >= 11 is 1.71. The van der Waals surface area contributed by atoms with Crippen molar-refractivity contribution in [2.24, 2.45) is 0 Å². The minimum absolute atomic E-state index is 0.193. The van der Waals surface area contributed by atoms with Crippen LogP contribution in [0.3, 0.4) is 0 Å². The Morgan fingerprint density at radius 2 is 2.30 bits per heavy atom. The first-order valence-corrected chi connectivity index (χ1v) is 9.61. The molecule has 20 heavy (non-hydrogen) atoms. The molecule has 1 unspecified atom stereocenters. The highest BCUT2D eigenvalue weighted by Gasteiger charge is 2.32. The summed E-state index contributed by atoms with van der Waals surface area (Å²) in [6, 6.07) is 5.78. The number of anilines is 1. The highest BCUT2D eigenvalue weighted by atomic mass is 32.2. The lowest BCUT2D eigenvalue weighted by atomic mass is 10.3. The van der Waals surface area contributed by atoms with Crippen molar-refractivity contribution in [1.29, 1.82) is 0 Å². The Morgan fingerprint density at radius 3 is 3.00 bits per heavy atom. The Labute approximate surface area is 125 Å². The van der Waals surface area contributed by atoms with Gasteiger partial charge in [0, 0.05) is 37.4 Å². The van der Waals surface area contributed by atoms with E-state index in [9.17, 15) is 8.42 Å². The van der Waals surface area contributed by atoms with Crippen LogP contribution in [-0.2, 0) is 16.4 Å². The number of pyridine rings is 1. The summed E-state index contributed by atoms with van der Waals surface area (Å²) in [4.78, 5) is 6.51. The topological polar surface area (TPSA) is 62.3 Å². The largest absolute Gasteiger partial charge is 0.373 e. The molecule has 0 bridgehead atoms. The van der Waals surface area contributed by atoms with Crippen LogP contribution < -0.4 is 5.32 Å². The molecule has 1 fully saturated rings. The molecule has 0 saturated carbocycles. The number of rotatable bonds is 5. The van der Waals surface area contributed by atoms with Gasteiger partial charge in [-0.15, -0.1) is 0 Å². The maximum atomic E-state index is 12.2. The fourth-order valence-electron chi connectivity index (χ4n) is 2.23. The van der Waals surface area contributed by atoms with Crippen molar-refractivity contribution < 1.29 is 8.42 Å². The van der Waals surface area contributed by atoms with Gasteiger partial charge >= 0.3 is 0 Å². The van der Waals surface area contributed by atoms with Gasteiger partial charge in [-0.2, -0.15) is 11.8 Å². The van der Waals surface area contributed by atoms with Crippen molar-refractivity contribution in [2.75, 3.05) is 36.2 Å². The summed E-state index contributed by atoms with van der Waals surface area (Å²) in [5.41, 5.74) is 0.903. The molecule has 1 aliphatic heterocycles. The third-order valence-corrected chi connectivity index (χ3v) is 6.77. The highest BCUT2D eigenvalue weighted by molar-refractivity contribution is 8.01. The molecule has 0 aromatic carbocycles. The van der Waals surface area contributed by atoms with Gasteiger partial charge in [0.25, 0.3) is 0 Å². The van der Waals surface area contributed by atoms with Gasteiger partial charge in [0.05, 0.1) is 5.69 Å². The van der Waals surface area contributed by atoms with Crippen LogP contribution in [0, 0.1) is 0 Å². The van der Waals surface area contributed by atoms with Gasteiger partial charge in [0.2, 0.25) is 0 Å². The van der Waals surface area contributed by atoms with Crippen molar-refractivity contribution in [3.63, 3.8) is 0 Å². The fourth-order valence-corrected chi connectivity index (χ4v) is 5.31. The summed E-state index contributed by atoms with van der Waals surface area (Å²) in [6.07, 6.45) is 0. The van der Waals surface area contributed by atoms with Crippen LogP contribution in [0.1, 0.15) is 12.6 Å². The van der Waals surface area contributed by atoms with Crippen LogP contribution in [0.5, 0.6) is 0 Å². The average molecular weight is 315 g/mol. The van der Waals surface area contributed by atoms with E-state index in [0.717, 1.165) is 23.8 Å². The minimum Gasteiger partial charge on any atom is -0.373 e. The number of sulfone groups is 1. The first-order chi connectivity index (χ1) is 9.56. The zero-order valence-corrected chi connectivity index (χ0v) is 13.5. The first kappa shape index (κ1) is 15.6. The number of thioether (sulfide) groups is 1. The van der Waals surface area contributed by atoms with Crippen LogP contribution in [0.2, 0.25) is 0 Å². The lowest BCUT2D eigenvalue weighted by Crippen LogP contribution is -2.47. The van der Waals surface area contributed by atoms with Crippen molar-refractivity contribution in [3.05, 3.63) is 23.9 Å². The number of hydrogen-bond acceptors (Lipinski definition) is 6. The van der Waals surface area contributed by atoms with E-state index in [1.54, 1.807) is 18.7 Å². The van der Waals surface area contributed by atoms with Gasteiger partial charge in [-0.05, 0) is 12.1 Å². The van der Waals surface area contributed by atoms with Gasteiger partial charge in [-0.25, -0.2) is 13.4 Å². The number of nitrogens with one attached hydrogen (secondary N) is 1. The van der Waals surface area contributed by atoms with E-state index in [0.29, 0.717) is 12.3 Å². The monoisotopic (exact) mass is 315 g/mol. The second kappa shape index (κ2) is 6.78. The second-order valence-corrected chi connectivity index (χ2v) is 8.31. The number of hydrogen-bond donors (Lipinski definition) is 1. The SMILES string of the molecule is CCS(=O)(=O)C1CSCCN1Cc1cccc(NC)n1. The standard InChI is InChI=1S/C13H21N3O2S2/c1-3-20(17,18)13-10-19-8-7-16(13)9-11-5-4-6-12(14-2)15-11/h4-6,13H,3,7-10H2,1-2H3,(H,14,15). The van der Waals surface area contributed by atoms with E-state index in [-0.39, 0.29) is 11.1 Å². The van der Waals surface area contributed by atoms with E-state index in [4.69, 9.17) is 0 Å². The predicted molar refractivity (Wildman–Crippen MR) is 84.8 cm³/mol. The Balaban J connectivity index is 2.16. The summed E-state index contributed by atoms with van der Waals surface area (Å²) in [6.45, 7) is 3.09. The zero-order valence-electron chi connectivity index (χ0n) is 11.9. The van der Waals surface area contributed by atoms with Gasteiger partial charge in [0.1, 0.15) is 11.2 Å². The molecule has 112 valence electrons. The Hall–Kier alpha value is -0.790. The third kappa shape index (κ3) is 3.65. The van der Waals surface area contributed by atoms with Crippen molar-refractivity contribution in [1.82, 2.24) is 9.88 Å². The molecule has 0 aliphatic carbocycles. The fraction of sp³-hybridized carbons (Fsp3) is 0.615. The molecule has 2 rings (SSSR count). The van der Waals surface area contributed by atoms with Gasteiger partial charge in [-0.3, -0.25) is 4.90 Å². The predicted octanol–water partition coefficient (Wildman–Crippen LogP) is 1.43. The molecule has 1 atom stereocenters. The van der Waals surface area contributed by atoms with Crippen molar-refractivity contribution >= 4 is 27.4 Å². The average Bonchev–Trinajstić information content (AvgIpc) is 2.48. The number of aromatic nitrogens is 1. The normalized spacial score (nSPS) is 20.8. The summed E-state index contributed by atoms with van der Waals surface area (Å²) in [5.74, 6) is 2.63. The minimum atomic E-state index is -3.04. The molecule has 5 nitrogen and oxygen atoms in total. The van der Waals surface area contributed by atoms with Crippen LogP contribution in [0.4, 0.5) is 5.82 Å². The third-order valence-electron chi connectivity index (χ3n) is 3.44. The molecule has 1 N–H and O–H groups in total. The molecule has 1 saturated heterocycles. The number of nitrogens with zero attached hydrogens (tertiary/aromatic N) is 2. The Bertz CT molecular complexity index is 548. The van der Waals surface area contributed by atoms with Gasteiger partial charge in [-0.1, -0.05) is 13.0 Å². The Kier molecular flexibility index (Phi) is 5.29. The molecular formula is C13H21N3O2S2. The van der Waals surface area contributed by atoms with E-state index in [1.165, 1.54) is 0 Å². The highest BCUT2D eigenvalue weighted by Crippen LogP contribution is 2.23. The Morgan fingerprint density at radius 1 is 1.50 bits per heavy atom. The van der Waals surface area contributed by atoms with Crippen LogP contribution in [-0.4, -0.2) is 54.5 Å². The maximum Gasteiger partial charge on any atom is 0.166 e. The molecule has 0 amide bonds. The van der Waals surface area contributed by atoms with E-state index in [2.05, 4.69) is 10.3 Å². The van der Waals surface area contributed by atoms with Gasteiger partial charge in [0.15, 0.2) is 9.84 Å². The van der Waals surface area contributed by atoms with Gasteiger partial charge < -0.3 is 5.32 Å². The first-order valence-electron chi connectivity index (χ1n) is 6.74. The summed E-state index contributed by atoms with van der Waals surface area (Å²) < 4.78 is 24.4. The van der Waals surface area contributed by atoms with E-state index >= 15 is 0 Å². The smallest absolute Gasteiger partial charge is 0.166 e. The lowest BCUT2D eigenvalue weighted by molar-refractivity contribution is 0.259. The summed E-state index contributed by atoms with van der Waals surface area (Å²) in [5, 5.41) is 2.62. The lowest BCUT2D eigenvalue weighted by Gasteiger charge is -2.34. The molecule has 0 spiro atoms. The van der Waals surface area contributed by atoms with Crippen molar-refractivity contribution in [3.8, 4) is 0 Å². The maximum absolute atomic E-state index is 12.2. The van der Waals surface area contributed by atoms with Crippen LogP contribution in [0.25, 0.3) is 0 Å². The molecule has 7 heteroatoms. The molecule has 1 aromatic heterocycles. The van der Waals surface area contributed by atoms with Crippen molar-refractivity contribution in [2.45, 2.75) is 18.8 Å². The van der Waals surface area contributed by atoms with E-state index in [1.807, 2.05) is 30.1 Å².